The average Bonchev–Trinajstić information content (AvgIpc) is 2.67. The normalized spacial score (nSPS) is 19.1. The maximum Gasteiger partial charge on any atom is 0.274 e. The number of anilines is 1. The van der Waals surface area contributed by atoms with Crippen LogP contribution in [0.1, 0.15) is 38.1 Å². The molecular weight excluding hydrogens is 298 g/mol. The minimum absolute atomic E-state index is 0.272. The monoisotopic (exact) mass is 319 g/mol. The molecule has 1 aromatic rings. The van der Waals surface area contributed by atoms with E-state index in [1.54, 1.807) is 37.5 Å². The van der Waals surface area contributed by atoms with E-state index < -0.39 is 17.0 Å². The molecule has 1 heterocycles. The highest BCUT2D eigenvalue weighted by atomic mass is 16.5. The second kappa shape index (κ2) is 5.77. The first-order valence-electron chi connectivity index (χ1n) is 7.18. The molecule has 0 saturated carbocycles. The summed E-state index contributed by atoms with van der Waals surface area (Å²) in [6.45, 7) is 7.17. The van der Waals surface area contributed by atoms with Crippen molar-refractivity contribution in [3.8, 4) is 0 Å². The van der Waals surface area contributed by atoms with E-state index in [1.807, 2.05) is 13.8 Å². The van der Waals surface area contributed by atoms with Crippen molar-refractivity contribution in [2.75, 3.05) is 5.32 Å². The molecule has 0 atom stereocenters. The standard InChI is InChI=1S/C16H21N3O4/c1-15(2)9-12(16(3,4)19(15)23)14(21)17-11-7-5-10(6-8-11)13(20)18-22/h5-9,22-23H,1-4H3,(H,17,21)(H,18,20). The fraction of sp³-hybridized carbons (Fsp3) is 0.375. The van der Waals surface area contributed by atoms with Gasteiger partial charge >= 0.3 is 0 Å². The molecule has 0 unspecified atom stereocenters. The van der Waals surface area contributed by atoms with Crippen LogP contribution in [-0.2, 0) is 4.79 Å². The third-order valence-corrected chi connectivity index (χ3v) is 3.98. The van der Waals surface area contributed by atoms with Crippen LogP contribution in [0.25, 0.3) is 0 Å². The van der Waals surface area contributed by atoms with Crippen LogP contribution in [0.3, 0.4) is 0 Å². The Morgan fingerprint density at radius 3 is 2.04 bits per heavy atom. The van der Waals surface area contributed by atoms with Crippen LogP contribution in [-0.4, -0.2) is 38.4 Å². The summed E-state index contributed by atoms with van der Waals surface area (Å²) in [5.74, 6) is -0.945. The molecule has 23 heavy (non-hydrogen) atoms. The highest BCUT2D eigenvalue weighted by Gasteiger charge is 2.47. The van der Waals surface area contributed by atoms with E-state index in [0.717, 1.165) is 5.06 Å². The van der Waals surface area contributed by atoms with E-state index in [9.17, 15) is 14.8 Å². The number of hydrogen-bond acceptors (Lipinski definition) is 5. The third-order valence-electron chi connectivity index (χ3n) is 3.98. The SMILES string of the molecule is CC1(C)C=C(C(=O)Nc2ccc(C(=O)NO)cc2)C(C)(C)N1O. The topological polar surface area (TPSA) is 102 Å². The van der Waals surface area contributed by atoms with E-state index in [4.69, 9.17) is 5.21 Å². The molecule has 7 heteroatoms. The van der Waals surface area contributed by atoms with Crippen molar-refractivity contribution in [1.82, 2.24) is 10.5 Å². The Hall–Kier alpha value is -2.22. The van der Waals surface area contributed by atoms with Gasteiger partial charge in [-0.1, -0.05) is 6.08 Å². The average molecular weight is 319 g/mol. The highest BCUT2D eigenvalue weighted by Crippen LogP contribution is 2.38. The van der Waals surface area contributed by atoms with Gasteiger partial charge in [-0.25, -0.2) is 5.48 Å². The van der Waals surface area contributed by atoms with Crippen LogP contribution >= 0.6 is 0 Å². The van der Waals surface area contributed by atoms with E-state index in [1.165, 1.54) is 12.1 Å². The van der Waals surface area contributed by atoms with E-state index in [0.29, 0.717) is 11.3 Å². The largest absolute Gasteiger partial charge is 0.322 e. The second-order valence-corrected chi connectivity index (χ2v) is 6.55. The minimum atomic E-state index is -0.815. The molecule has 1 aliphatic rings. The van der Waals surface area contributed by atoms with Gasteiger partial charge < -0.3 is 10.5 Å². The summed E-state index contributed by atoms with van der Waals surface area (Å²) >= 11 is 0. The Kier molecular flexibility index (Phi) is 4.30. The van der Waals surface area contributed by atoms with Gasteiger partial charge in [0.1, 0.15) is 0 Å². The summed E-state index contributed by atoms with van der Waals surface area (Å²) in [6.07, 6.45) is 1.73. The highest BCUT2D eigenvalue weighted by molar-refractivity contribution is 6.06. The van der Waals surface area contributed by atoms with Crippen LogP contribution < -0.4 is 10.8 Å². The Balaban J connectivity index is 2.18. The lowest BCUT2D eigenvalue weighted by atomic mass is 9.95. The molecule has 2 amide bonds. The van der Waals surface area contributed by atoms with Crippen molar-refractivity contribution in [2.45, 2.75) is 38.8 Å². The molecule has 0 fully saturated rings. The Labute approximate surface area is 134 Å². The first kappa shape index (κ1) is 17.1. The predicted molar refractivity (Wildman–Crippen MR) is 84.2 cm³/mol. The molecule has 1 aromatic carbocycles. The Morgan fingerprint density at radius 2 is 1.61 bits per heavy atom. The lowest BCUT2D eigenvalue weighted by Gasteiger charge is -2.35. The zero-order valence-electron chi connectivity index (χ0n) is 13.5. The zero-order chi connectivity index (χ0) is 17.4. The Bertz CT molecular complexity index is 662. The van der Waals surface area contributed by atoms with Crippen molar-refractivity contribution in [1.29, 1.82) is 0 Å². The summed E-state index contributed by atoms with van der Waals surface area (Å²) in [5.41, 5.74) is 1.33. The van der Waals surface area contributed by atoms with Gasteiger partial charge in [0.15, 0.2) is 0 Å². The van der Waals surface area contributed by atoms with Crippen molar-refractivity contribution < 1.29 is 20.0 Å². The molecule has 7 nitrogen and oxygen atoms in total. The van der Waals surface area contributed by atoms with Crippen molar-refractivity contribution >= 4 is 17.5 Å². The van der Waals surface area contributed by atoms with Gasteiger partial charge in [0, 0.05) is 16.8 Å². The molecule has 0 aliphatic carbocycles. The van der Waals surface area contributed by atoms with Gasteiger partial charge in [0.2, 0.25) is 0 Å². The number of benzene rings is 1. The quantitative estimate of drug-likeness (QED) is 0.504. The summed E-state index contributed by atoms with van der Waals surface area (Å²) in [5, 5.41) is 22.7. The van der Waals surface area contributed by atoms with Crippen molar-refractivity contribution in [3.05, 3.63) is 41.5 Å². The first-order chi connectivity index (χ1) is 10.6. The molecule has 0 spiro atoms. The third kappa shape index (κ3) is 3.12. The predicted octanol–water partition coefficient (Wildman–Crippen LogP) is 1.93. The number of amides is 2. The number of hydroxylamine groups is 3. The number of carbonyl (C=O) groups excluding carboxylic acids is 2. The van der Waals surface area contributed by atoms with Gasteiger partial charge in [0.25, 0.3) is 11.8 Å². The maximum atomic E-state index is 12.5. The van der Waals surface area contributed by atoms with Crippen molar-refractivity contribution in [3.63, 3.8) is 0 Å². The number of nitrogens with one attached hydrogen (secondary N) is 2. The lowest BCUT2D eigenvalue weighted by molar-refractivity contribution is -0.185. The van der Waals surface area contributed by atoms with Crippen LogP contribution in [0.2, 0.25) is 0 Å². The number of carbonyl (C=O) groups is 2. The fourth-order valence-electron chi connectivity index (χ4n) is 2.74. The lowest BCUT2D eigenvalue weighted by Crippen LogP contribution is -2.49. The minimum Gasteiger partial charge on any atom is -0.322 e. The molecule has 124 valence electrons. The van der Waals surface area contributed by atoms with Gasteiger partial charge in [0.05, 0.1) is 11.1 Å². The van der Waals surface area contributed by atoms with Crippen LogP contribution in [0.15, 0.2) is 35.9 Å². The molecule has 0 saturated heterocycles. The number of nitrogens with zero attached hydrogens (tertiary/aromatic N) is 1. The molecule has 1 aliphatic heterocycles. The van der Waals surface area contributed by atoms with Gasteiger partial charge in [-0.2, -0.15) is 5.06 Å². The smallest absolute Gasteiger partial charge is 0.274 e. The zero-order valence-corrected chi connectivity index (χ0v) is 13.5. The van der Waals surface area contributed by atoms with Crippen molar-refractivity contribution in [2.24, 2.45) is 0 Å². The maximum absolute atomic E-state index is 12.5. The van der Waals surface area contributed by atoms with E-state index >= 15 is 0 Å². The molecule has 0 aromatic heterocycles. The van der Waals surface area contributed by atoms with Crippen LogP contribution in [0, 0.1) is 0 Å². The van der Waals surface area contributed by atoms with E-state index in [2.05, 4.69) is 5.32 Å². The van der Waals surface area contributed by atoms with Gasteiger partial charge in [-0.05, 0) is 52.0 Å². The van der Waals surface area contributed by atoms with Gasteiger partial charge in [-0.3, -0.25) is 14.8 Å². The molecule has 0 radical (unpaired) electrons. The number of rotatable bonds is 3. The molecule has 0 bridgehead atoms. The summed E-state index contributed by atoms with van der Waals surface area (Å²) < 4.78 is 0. The van der Waals surface area contributed by atoms with E-state index in [-0.39, 0.29) is 11.5 Å². The van der Waals surface area contributed by atoms with Crippen LogP contribution in [0.4, 0.5) is 5.69 Å². The first-order valence-corrected chi connectivity index (χ1v) is 7.18. The van der Waals surface area contributed by atoms with Crippen LogP contribution in [0.5, 0.6) is 0 Å². The summed E-state index contributed by atoms with van der Waals surface area (Å²) in [4.78, 5) is 23.8. The number of hydrogen-bond donors (Lipinski definition) is 4. The summed E-state index contributed by atoms with van der Waals surface area (Å²) in [6, 6.07) is 6.09. The molecule has 4 N–H and O–H groups in total. The van der Waals surface area contributed by atoms with Gasteiger partial charge in [-0.15, -0.1) is 0 Å². The Morgan fingerprint density at radius 1 is 1.04 bits per heavy atom. The summed E-state index contributed by atoms with van der Waals surface area (Å²) in [7, 11) is 0. The second-order valence-electron chi connectivity index (χ2n) is 6.55. The molecule has 2 rings (SSSR count). The fourth-order valence-corrected chi connectivity index (χ4v) is 2.74. The molecular formula is C16H21N3O4.